The predicted molar refractivity (Wildman–Crippen MR) is 104 cm³/mol. The Labute approximate surface area is 155 Å². The van der Waals surface area contributed by atoms with Gasteiger partial charge in [-0.15, -0.1) is 0 Å². The first-order valence-corrected chi connectivity index (χ1v) is 8.59. The maximum absolute atomic E-state index is 11.3. The van der Waals surface area contributed by atoms with E-state index in [2.05, 4.69) is 4.98 Å². The van der Waals surface area contributed by atoms with Gasteiger partial charge in [-0.2, -0.15) is 0 Å². The number of ether oxygens (including phenoxy) is 2. The smallest absolute Gasteiger partial charge is 0.354 e. The van der Waals surface area contributed by atoms with Crippen molar-refractivity contribution in [2.45, 2.75) is 0 Å². The van der Waals surface area contributed by atoms with E-state index in [4.69, 9.17) is 9.47 Å². The van der Waals surface area contributed by atoms with E-state index in [0.717, 1.165) is 21.9 Å². The Bertz CT molecular complexity index is 1120. The second kappa shape index (κ2) is 7.33. The molecule has 0 radical (unpaired) electrons. The van der Waals surface area contributed by atoms with Crippen molar-refractivity contribution in [2.75, 3.05) is 13.2 Å². The standard InChI is InChI=1S/C22H17NO4/c24-22(25)19-14-21(17-9-3-4-10-18(17)23-19)27-13-12-26-20-11-5-7-15-6-1-2-8-16(15)20/h1-11,14H,12-13H2,(H,24,25). The number of benzene rings is 3. The monoisotopic (exact) mass is 359 g/mol. The van der Waals surface area contributed by atoms with E-state index in [-0.39, 0.29) is 12.3 Å². The minimum atomic E-state index is -1.09. The number of aromatic nitrogens is 1. The molecular weight excluding hydrogens is 342 g/mol. The normalized spacial score (nSPS) is 10.8. The van der Waals surface area contributed by atoms with Crippen LogP contribution in [-0.2, 0) is 0 Å². The van der Waals surface area contributed by atoms with Gasteiger partial charge in [0, 0.05) is 16.8 Å². The van der Waals surface area contributed by atoms with Crippen molar-refractivity contribution in [3.8, 4) is 11.5 Å². The molecule has 0 unspecified atom stereocenters. The molecule has 134 valence electrons. The average Bonchev–Trinajstić information content (AvgIpc) is 2.71. The first-order chi connectivity index (χ1) is 13.2. The summed E-state index contributed by atoms with van der Waals surface area (Å²) < 4.78 is 11.7. The third-order valence-electron chi connectivity index (χ3n) is 4.25. The largest absolute Gasteiger partial charge is 0.489 e. The maximum Gasteiger partial charge on any atom is 0.354 e. The van der Waals surface area contributed by atoms with Gasteiger partial charge in [0.15, 0.2) is 5.69 Å². The number of aromatic carboxylic acids is 1. The number of hydrogen-bond donors (Lipinski definition) is 1. The number of hydrogen-bond acceptors (Lipinski definition) is 4. The molecule has 0 saturated carbocycles. The van der Waals surface area contributed by atoms with Crippen LogP contribution in [0.25, 0.3) is 21.7 Å². The van der Waals surface area contributed by atoms with E-state index in [9.17, 15) is 9.90 Å². The molecule has 1 N–H and O–H groups in total. The maximum atomic E-state index is 11.3. The molecule has 4 aromatic rings. The summed E-state index contributed by atoms with van der Waals surface area (Å²) in [6, 6.07) is 22.7. The molecule has 0 aliphatic heterocycles. The van der Waals surface area contributed by atoms with Crippen LogP contribution in [0.1, 0.15) is 10.5 Å². The molecule has 0 aliphatic carbocycles. The molecule has 3 aromatic carbocycles. The highest BCUT2D eigenvalue weighted by atomic mass is 16.5. The van der Waals surface area contributed by atoms with Crippen molar-refractivity contribution >= 4 is 27.6 Å². The number of fused-ring (bicyclic) bond motifs is 2. The SMILES string of the molecule is O=C(O)c1cc(OCCOc2cccc3ccccc23)c2ccccc2n1. The van der Waals surface area contributed by atoms with E-state index >= 15 is 0 Å². The molecule has 1 heterocycles. The highest BCUT2D eigenvalue weighted by Crippen LogP contribution is 2.27. The Morgan fingerprint density at radius 3 is 2.30 bits per heavy atom. The van der Waals surface area contributed by atoms with Gasteiger partial charge in [-0.3, -0.25) is 0 Å². The summed E-state index contributed by atoms with van der Waals surface area (Å²) in [5.74, 6) is 0.194. The lowest BCUT2D eigenvalue weighted by Crippen LogP contribution is -2.10. The third kappa shape index (κ3) is 3.53. The summed E-state index contributed by atoms with van der Waals surface area (Å²) in [7, 11) is 0. The lowest BCUT2D eigenvalue weighted by Gasteiger charge is -2.12. The topological polar surface area (TPSA) is 68.7 Å². The quantitative estimate of drug-likeness (QED) is 0.512. The summed E-state index contributed by atoms with van der Waals surface area (Å²) in [6.45, 7) is 0.628. The number of carbonyl (C=O) groups is 1. The Kier molecular flexibility index (Phi) is 4.58. The number of para-hydroxylation sites is 1. The third-order valence-corrected chi connectivity index (χ3v) is 4.25. The van der Waals surface area contributed by atoms with E-state index in [1.54, 1.807) is 6.07 Å². The Hall–Kier alpha value is -3.60. The van der Waals surface area contributed by atoms with Gasteiger partial charge in [0.25, 0.3) is 0 Å². The van der Waals surface area contributed by atoms with Crippen LogP contribution in [0.3, 0.4) is 0 Å². The first-order valence-electron chi connectivity index (χ1n) is 8.59. The number of pyridine rings is 1. The molecule has 0 amide bonds. The molecule has 5 heteroatoms. The van der Waals surface area contributed by atoms with Crippen LogP contribution in [0.5, 0.6) is 11.5 Å². The molecule has 27 heavy (non-hydrogen) atoms. The average molecular weight is 359 g/mol. The zero-order valence-corrected chi connectivity index (χ0v) is 14.5. The van der Waals surface area contributed by atoms with Crippen LogP contribution in [0, 0.1) is 0 Å². The fourth-order valence-corrected chi connectivity index (χ4v) is 3.00. The van der Waals surface area contributed by atoms with E-state index in [1.165, 1.54) is 6.07 Å². The Morgan fingerprint density at radius 1 is 0.815 bits per heavy atom. The second-order valence-corrected chi connectivity index (χ2v) is 6.00. The summed E-state index contributed by atoms with van der Waals surface area (Å²) >= 11 is 0. The molecule has 1 aromatic heterocycles. The van der Waals surface area contributed by atoms with Gasteiger partial charge in [-0.05, 0) is 23.6 Å². The van der Waals surface area contributed by atoms with E-state index in [1.807, 2.05) is 60.7 Å². The highest BCUT2D eigenvalue weighted by molar-refractivity contribution is 5.93. The summed E-state index contributed by atoms with van der Waals surface area (Å²) in [5.41, 5.74) is 0.543. The Balaban J connectivity index is 1.50. The minimum Gasteiger partial charge on any atom is -0.489 e. The van der Waals surface area contributed by atoms with Crippen molar-refractivity contribution in [1.82, 2.24) is 4.98 Å². The molecule has 0 atom stereocenters. The van der Waals surface area contributed by atoms with Gasteiger partial charge in [-0.1, -0.05) is 48.5 Å². The van der Waals surface area contributed by atoms with Crippen LogP contribution in [0.2, 0.25) is 0 Å². The fourth-order valence-electron chi connectivity index (χ4n) is 3.00. The lowest BCUT2D eigenvalue weighted by atomic mass is 10.1. The van der Waals surface area contributed by atoms with Crippen LogP contribution in [0.4, 0.5) is 0 Å². The molecule has 0 bridgehead atoms. The van der Waals surface area contributed by atoms with Crippen LogP contribution in [0.15, 0.2) is 72.8 Å². The number of carboxylic acids is 1. The van der Waals surface area contributed by atoms with Crippen molar-refractivity contribution < 1.29 is 19.4 Å². The van der Waals surface area contributed by atoms with Gasteiger partial charge in [0.1, 0.15) is 24.7 Å². The first kappa shape index (κ1) is 16.8. The highest BCUT2D eigenvalue weighted by Gasteiger charge is 2.11. The van der Waals surface area contributed by atoms with Crippen molar-refractivity contribution in [2.24, 2.45) is 0 Å². The van der Waals surface area contributed by atoms with Crippen molar-refractivity contribution in [1.29, 1.82) is 0 Å². The minimum absolute atomic E-state index is 0.0429. The lowest BCUT2D eigenvalue weighted by molar-refractivity contribution is 0.0690. The predicted octanol–water partition coefficient (Wildman–Crippen LogP) is 4.54. The fraction of sp³-hybridized carbons (Fsp3) is 0.0909. The number of nitrogens with zero attached hydrogens (tertiary/aromatic N) is 1. The zero-order valence-electron chi connectivity index (χ0n) is 14.5. The van der Waals surface area contributed by atoms with Gasteiger partial charge >= 0.3 is 5.97 Å². The molecule has 0 spiro atoms. The van der Waals surface area contributed by atoms with Crippen LogP contribution < -0.4 is 9.47 Å². The van der Waals surface area contributed by atoms with Crippen LogP contribution in [-0.4, -0.2) is 29.3 Å². The molecule has 5 nitrogen and oxygen atoms in total. The number of carboxylic acid groups (broad SMARTS) is 1. The molecule has 0 fully saturated rings. The van der Waals surface area contributed by atoms with Gasteiger partial charge in [0.05, 0.1) is 5.52 Å². The molecule has 0 saturated heterocycles. The second-order valence-electron chi connectivity index (χ2n) is 6.00. The van der Waals surface area contributed by atoms with Gasteiger partial charge < -0.3 is 14.6 Å². The number of rotatable bonds is 6. The summed E-state index contributed by atoms with van der Waals surface area (Å²) in [4.78, 5) is 15.4. The van der Waals surface area contributed by atoms with E-state index < -0.39 is 5.97 Å². The van der Waals surface area contributed by atoms with Gasteiger partial charge in [-0.25, -0.2) is 9.78 Å². The summed E-state index contributed by atoms with van der Waals surface area (Å²) in [6.07, 6.45) is 0. The van der Waals surface area contributed by atoms with Gasteiger partial charge in [0.2, 0.25) is 0 Å². The summed E-state index contributed by atoms with van der Waals surface area (Å²) in [5, 5.41) is 12.2. The van der Waals surface area contributed by atoms with Crippen molar-refractivity contribution in [3.63, 3.8) is 0 Å². The molecular formula is C22H17NO4. The zero-order chi connectivity index (χ0) is 18.6. The van der Waals surface area contributed by atoms with Crippen molar-refractivity contribution in [3.05, 3.63) is 78.5 Å². The van der Waals surface area contributed by atoms with E-state index in [0.29, 0.717) is 17.9 Å². The van der Waals surface area contributed by atoms with Crippen LogP contribution >= 0.6 is 0 Å². The molecule has 4 rings (SSSR count). The Morgan fingerprint density at radius 2 is 1.48 bits per heavy atom. The molecule has 0 aliphatic rings.